The summed E-state index contributed by atoms with van der Waals surface area (Å²) in [5.74, 6) is -0.358. The van der Waals surface area contributed by atoms with E-state index in [9.17, 15) is 9.18 Å². The summed E-state index contributed by atoms with van der Waals surface area (Å²) in [7, 11) is 0. The van der Waals surface area contributed by atoms with Crippen molar-refractivity contribution in [3.05, 3.63) is 39.6 Å². The number of halogens is 2. The molecule has 2 nitrogen and oxygen atoms in total. The fourth-order valence-electron chi connectivity index (χ4n) is 1.25. The first-order valence-corrected chi connectivity index (χ1v) is 6.10. The first kappa shape index (κ1) is 11.4. The van der Waals surface area contributed by atoms with Crippen LogP contribution in [-0.2, 0) is 0 Å². The van der Waals surface area contributed by atoms with Crippen LogP contribution >= 0.6 is 27.3 Å². The molecule has 1 aromatic carbocycles. The Morgan fingerprint density at radius 3 is 2.75 bits per heavy atom. The maximum atomic E-state index is 13.2. The van der Waals surface area contributed by atoms with Gasteiger partial charge in [-0.25, -0.2) is 9.37 Å². The number of nitrogens with zero attached hydrogens (tertiary/aromatic N) is 1. The van der Waals surface area contributed by atoms with Gasteiger partial charge < -0.3 is 0 Å². The Morgan fingerprint density at radius 2 is 2.19 bits per heavy atom. The average molecular weight is 300 g/mol. The molecule has 0 aliphatic carbocycles. The van der Waals surface area contributed by atoms with Crippen LogP contribution in [0.15, 0.2) is 28.9 Å². The van der Waals surface area contributed by atoms with E-state index in [0.717, 1.165) is 0 Å². The number of carbonyl (C=O) groups is 1. The lowest BCUT2D eigenvalue weighted by Gasteiger charge is -1.97. The standard InChI is InChI=1S/C11H7BrFNOS/c1-6(15)10-5-14-11(16-10)7-2-8(12)4-9(13)3-7/h2-5H,1H3. The number of benzene rings is 1. The Labute approximate surface area is 104 Å². The van der Waals surface area contributed by atoms with Crippen LogP contribution < -0.4 is 0 Å². The Hall–Kier alpha value is -1.07. The van der Waals surface area contributed by atoms with Crippen LogP contribution in [0, 0.1) is 5.82 Å². The molecule has 0 fully saturated rings. The molecule has 1 aromatic heterocycles. The number of thiazole rings is 1. The molecule has 82 valence electrons. The predicted molar refractivity (Wildman–Crippen MR) is 65.2 cm³/mol. The average Bonchev–Trinajstić information content (AvgIpc) is 2.64. The first-order chi connectivity index (χ1) is 7.56. The Morgan fingerprint density at radius 1 is 1.44 bits per heavy atom. The summed E-state index contributed by atoms with van der Waals surface area (Å²) in [4.78, 5) is 15.8. The minimum Gasteiger partial charge on any atom is -0.294 e. The number of rotatable bonds is 2. The van der Waals surface area contributed by atoms with Crippen molar-refractivity contribution in [2.24, 2.45) is 0 Å². The second-order valence-corrected chi connectivity index (χ2v) is 5.19. The molecular formula is C11H7BrFNOS. The van der Waals surface area contributed by atoms with Crippen LogP contribution in [0.3, 0.4) is 0 Å². The molecule has 1 heterocycles. The number of aromatic nitrogens is 1. The lowest BCUT2D eigenvalue weighted by molar-refractivity contribution is 0.102. The number of hydrogen-bond donors (Lipinski definition) is 0. The SMILES string of the molecule is CC(=O)c1cnc(-c2cc(F)cc(Br)c2)s1. The van der Waals surface area contributed by atoms with Gasteiger partial charge in [0.05, 0.1) is 4.88 Å². The van der Waals surface area contributed by atoms with Crippen LogP contribution in [0.5, 0.6) is 0 Å². The maximum absolute atomic E-state index is 13.2. The van der Waals surface area contributed by atoms with Gasteiger partial charge in [0, 0.05) is 23.2 Å². The molecule has 0 spiro atoms. The smallest absolute Gasteiger partial charge is 0.171 e. The molecule has 0 unspecified atom stereocenters. The first-order valence-electron chi connectivity index (χ1n) is 4.49. The van der Waals surface area contributed by atoms with Crippen molar-refractivity contribution in [1.82, 2.24) is 4.98 Å². The van der Waals surface area contributed by atoms with Gasteiger partial charge in [0.1, 0.15) is 10.8 Å². The molecule has 0 aliphatic heterocycles. The van der Waals surface area contributed by atoms with Crippen molar-refractivity contribution in [2.45, 2.75) is 6.92 Å². The molecule has 0 saturated carbocycles. The van der Waals surface area contributed by atoms with E-state index in [1.165, 1.54) is 36.6 Å². The second kappa shape index (κ2) is 4.43. The van der Waals surface area contributed by atoms with E-state index in [1.54, 1.807) is 6.07 Å². The van der Waals surface area contributed by atoms with E-state index in [1.807, 2.05) is 0 Å². The van der Waals surface area contributed by atoms with Gasteiger partial charge in [-0.15, -0.1) is 11.3 Å². The Kier molecular flexibility index (Phi) is 3.16. The summed E-state index contributed by atoms with van der Waals surface area (Å²) in [6.45, 7) is 1.48. The van der Waals surface area contributed by atoms with Crippen LogP contribution in [0.4, 0.5) is 4.39 Å². The van der Waals surface area contributed by atoms with Gasteiger partial charge in [-0.1, -0.05) is 15.9 Å². The fraction of sp³-hybridized carbons (Fsp3) is 0.0909. The highest BCUT2D eigenvalue weighted by Gasteiger charge is 2.09. The van der Waals surface area contributed by atoms with Crippen LogP contribution in [0.25, 0.3) is 10.6 Å². The number of carbonyl (C=O) groups excluding carboxylic acids is 1. The van der Waals surface area contributed by atoms with Gasteiger partial charge in [-0.05, 0) is 18.2 Å². The van der Waals surface area contributed by atoms with E-state index in [2.05, 4.69) is 20.9 Å². The summed E-state index contributed by atoms with van der Waals surface area (Å²) >= 11 is 4.48. The summed E-state index contributed by atoms with van der Waals surface area (Å²) in [6.07, 6.45) is 1.52. The van der Waals surface area contributed by atoms with Crippen LogP contribution in [-0.4, -0.2) is 10.8 Å². The lowest BCUT2D eigenvalue weighted by Crippen LogP contribution is -1.83. The molecule has 0 atom stereocenters. The topological polar surface area (TPSA) is 30.0 Å². The maximum Gasteiger partial charge on any atom is 0.171 e. The van der Waals surface area contributed by atoms with Gasteiger partial charge in [0.15, 0.2) is 5.78 Å². The zero-order valence-electron chi connectivity index (χ0n) is 8.33. The van der Waals surface area contributed by atoms with Gasteiger partial charge >= 0.3 is 0 Å². The molecule has 16 heavy (non-hydrogen) atoms. The van der Waals surface area contributed by atoms with Gasteiger partial charge in [-0.2, -0.15) is 0 Å². The van der Waals surface area contributed by atoms with E-state index in [0.29, 0.717) is 19.9 Å². The summed E-state index contributed by atoms with van der Waals surface area (Å²) in [6, 6.07) is 4.54. The molecule has 0 bridgehead atoms. The third-order valence-electron chi connectivity index (χ3n) is 1.96. The van der Waals surface area contributed by atoms with Gasteiger partial charge in [0.25, 0.3) is 0 Å². The minimum absolute atomic E-state index is 0.0285. The van der Waals surface area contributed by atoms with Crippen molar-refractivity contribution in [2.75, 3.05) is 0 Å². The molecule has 2 rings (SSSR count). The predicted octanol–water partition coefficient (Wildman–Crippen LogP) is 3.91. The van der Waals surface area contributed by atoms with Crippen molar-refractivity contribution < 1.29 is 9.18 Å². The molecule has 0 radical (unpaired) electrons. The van der Waals surface area contributed by atoms with E-state index in [-0.39, 0.29) is 11.6 Å². The zero-order chi connectivity index (χ0) is 11.7. The van der Waals surface area contributed by atoms with Gasteiger partial charge in [-0.3, -0.25) is 4.79 Å². The van der Waals surface area contributed by atoms with Crippen molar-refractivity contribution in [3.63, 3.8) is 0 Å². The third kappa shape index (κ3) is 2.36. The van der Waals surface area contributed by atoms with Crippen LogP contribution in [0.2, 0.25) is 0 Å². The molecule has 0 N–H and O–H groups in total. The summed E-state index contributed by atoms with van der Waals surface area (Å²) in [5.41, 5.74) is 0.671. The molecule has 2 aromatic rings. The normalized spacial score (nSPS) is 10.4. The number of Topliss-reactive ketones (excluding diaryl/α,β-unsaturated/α-hetero) is 1. The Bertz CT molecular complexity index is 532. The molecule has 0 aliphatic rings. The van der Waals surface area contributed by atoms with Crippen molar-refractivity contribution >= 4 is 33.0 Å². The van der Waals surface area contributed by atoms with Crippen molar-refractivity contribution in [3.8, 4) is 10.6 Å². The van der Waals surface area contributed by atoms with E-state index >= 15 is 0 Å². The lowest BCUT2D eigenvalue weighted by atomic mass is 10.2. The monoisotopic (exact) mass is 299 g/mol. The summed E-state index contributed by atoms with van der Waals surface area (Å²) in [5, 5.41) is 0.644. The molecule has 0 saturated heterocycles. The molecule has 0 amide bonds. The highest BCUT2D eigenvalue weighted by molar-refractivity contribution is 9.10. The van der Waals surface area contributed by atoms with E-state index in [4.69, 9.17) is 0 Å². The van der Waals surface area contributed by atoms with E-state index < -0.39 is 0 Å². The third-order valence-corrected chi connectivity index (χ3v) is 3.57. The van der Waals surface area contributed by atoms with Gasteiger partial charge in [0.2, 0.25) is 0 Å². The second-order valence-electron chi connectivity index (χ2n) is 3.24. The highest BCUT2D eigenvalue weighted by Crippen LogP contribution is 2.28. The fourth-order valence-corrected chi connectivity index (χ4v) is 2.51. The highest BCUT2D eigenvalue weighted by atomic mass is 79.9. The number of ketones is 1. The quantitative estimate of drug-likeness (QED) is 0.787. The largest absolute Gasteiger partial charge is 0.294 e. The van der Waals surface area contributed by atoms with Crippen LogP contribution in [0.1, 0.15) is 16.6 Å². The molecule has 5 heteroatoms. The minimum atomic E-state index is -0.330. The summed E-state index contributed by atoms with van der Waals surface area (Å²) < 4.78 is 13.8. The molecular weight excluding hydrogens is 293 g/mol. The number of hydrogen-bond acceptors (Lipinski definition) is 3. The Balaban J connectivity index is 2.46. The van der Waals surface area contributed by atoms with Crippen molar-refractivity contribution in [1.29, 1.82) is 0 Å². The zero-order valence-corrected chi connectivity index (χ0v) is 10.7.